The van der Waals surface area contributed by atoms with Crippen LogP contribution < -0.4 is 9.80 Å². The van der Waals surface area contributed by atoms with E-state index in [1.54, 1.807) is 0 Å². The van der Waals surface area contributed by atoms with Crippen LogP contribution in [0, 0.1) is 45.9 Å². The number of rotatable bonds is 4. The smallest absolute Gasteiger partial charge is 0.372 e. The van der Waals surface area contributed by atoms with Crippen molar-refractivity contribution in [2.75, 3.05) is 29.4 Å². The Morgan fingerprint density at radius 1 is 0.587 bits per heavy atom. The highest BCUT2D eigenvalue weighted by atomic mass is 35.5. The predicted octanol–water partition coefficient (Wildman–Crippen LogP) is 13.1. The predicted molar refractivity (Wildman–Crippen MR) is 195 cm³/mol. The molecule has 25 heteroatoms. The quantitative estimate of drug-likeness (QED) is 0.125. The van der Waals surface area contributed by atoms with Crippen molar-refractivity contribution in [3.8, 4) is 12.1 Å². The summed E-state index contributed by atoms with van der Waals surface area (Å²) in [4.78, 5) is 1.56. The second-order valence-corrected chi connectivity index (χ2v) is 15.5. The van der Waals surface area contributed by atoms with E-state index in [0.717, 1.165) is 29.2 Å². The number of hydrogen-bond donors (Lipinski definition) is 1. The van der Waals surface area contributed by atoms with E-state index < -0.39 is 157 Å². The van der Waals surface area contributed by atoms with E-state index in [2.05, 4.69) is 0 Å². The fraction of sp³-hybridized carbons (Fsp3) is 0.316. The molecule has 3 atom stereocenters. The maximum absolute atomic E-state index is 14.6. The Labute approximate surface area is 364 Å². The van der Waals surface area contributed by atoms with Crippen molar-refractivity contribution in [1.29, 1.82) is 10.5 Å². The minimum atomic E-state index is -5.34. The first-order valence-electron chi connectivity index (χ1n) is 17.1. The first kappa shape index (κ1) is 49.5. The van der Waals surface area contributed by atoms with E-state index in [0.29, 0.717) is 29.2 Å². The Kier molecular flexibility index (Phi) is 13.4. The van der Waals surface area contributed by atoms with Crippen molar-refractivity contribution >= 4 is 57.8 Å². The van der Waals surface area contributed by atoms with Crippen molar-refractivity contribution in [1.82, 2.24) is 0 Å². The van der Waals surface area contributed by atoms with E-state index in [1.165, 1.54) is 12.1 Å². The van der Waals surface area contributed by atoms with Gasteiger partial charge in [-0.15, -0.1) is 0 Å². The normalized spacial score (nSPS) is 20.7. The third-order valence-electron chi connectivity index (χ3n) is 10.6. The molecule has 0 amide bonds. The lowest BCUT2D eigenvalue weighted by atomic mass is 9.77. The number of hydrogen-bond acceptors (Lipinski definition) is 5. The van der Waals surface area contributed by atoms with Gasteiger partial charge in [0.1, 0.15) is 38.7 Å². The monoisotopic (exact) mass is 992 g/mol. The van der Waals surface area contributed by atoms with Crippen LogP contribution in [0.4, 0.5) is 81.6 Å². The maximum atomic E-state index is 14.6. The number of aliphatic hydroxyl groups is 1. The van der Waals surface area contributed by atoms with E-state index in [4.69, 9.17) is 56.9 Å². The van der Waals surface area contributed by atoms with Gasteiger partial charge in [0.15, 0.2) is 11.6 Å². The van der Waals surface area contributed by atoms with E-state index in [-0.39, 0.29) is 5.69 Å². The maximum Gasteiger partial charge on any atom is 0.417 e. The average molecular weight is 994 g/mol. The summed E-state index contributed by atoms with van der Waals surface area (Å²) in [5, 5.41) is 24.1. The van der Waals surface area contributed by atoms with Crippen LogP contribution in [-0.4, -0.2) is 43.3 Å². The zero-order valence-electron chi connectivity index (χ0n) is 30.5. The Bertz CT molecular complexity index is 2530. The first-order valence-corrected chi connectivity index (χ1v) is 18.6. The number of alkyl halides is 12. The van der Waals surface area contributed by atoms with Gasteiger partial charge in [-0.25, -0.2) is 17.6 Å². The molecule has 4 aromatic rings. The Hall–Kier alpha value is -4.54. The molecule has 0 aromatic heterocycles. The molecular formula is C38H20Cl4F16N4O. The van der Waals surface area contributed by atoms with Gasteiger partial charge in [-0.05, 0) is 61.4 Å². The second kappa shape index (κ2) is 17.1. The lowest BCUT2D eigenvalue weighted by Crippen LogP contribution is -2.53. The van der Waals surface area contributed by atoms with E-state index in [9.17, 15) is 75.4 Å². The summed E-state index contributed by atoms with van der Waals surface area (Å²) in [6.45, 7) is -2.01. The molecule has 6 rings (SSSR count). The van der Waals surface area contributed by atoms with Crippen molar-refractivity contribution in [3.63, 3.8) is 0 Å². The van der Waals surface area contributed by atoms with Gasteiger partial charge in [-0.2, -0.15) is 63.2 Å². The highest BCUT2D eigenvalue weighted by Crippen LogP contribution is 2.55. The van der Waals surface area contributed by atoms with Crippen LogP contribution >= 0.6 is 46.4 Å². The average Bonchev–Trinajstić information content (AvgIpc) is 3.81. The van der Waals surface area contributed by atoms with Crippen LogP contribution in [0.3, 0.4) is 0 Å². The van der Waals surface area contributed by atoms with Crippen molar-refractivity contribution < 1.29 is 75.4 Å². The number of benzene rings is 4. The summed E-state index contributed by atoms with van der Waals surface area (Å²) in [6, 6.07) is 8.10. The molecule has 0 radical (unpaired) electrons. The van der Waals surface area contributed by atoms with Crippen molar-refractivity contribution in [2.45, 2.75) is 54.6 Å². The van der Waals surface area contributed by atoms with Crippen LogP contribution in [0.2, 0.25) is 20.1 Å². The van der Waals surface area contributed by atoms with Crippen LogP contribution in [0.15, 0.2) is 48.5 Å². The summed E-state index contributed by atoms with van der Waals surface area (Å²) in [6.07, 6.45) is -24.7. The lowest BCUT2D eigenvalue weighted by molar-refractivity contribution is -0.211. The highest BCUT2D eigenvalue weighted by molar-refractivity contribution is 6.35. The van der Waals surface area contributed by atoms with Crippen molar-refractivity contribution in [3.05, 3.63) is 125 Å². The van der Waals surface area contributed by atoms with Gasteiger partial charge in [0.05, 0.1) is 44.4 Å². The Morgan fingerprint density at radius 3 is 1.48 bits per heavy atom. The van der Waals surface area contributed by atoms with E-state index >= 15 is 0 Å². The molecule has 2 saturated heterocycles. The standard InChI is InChI=1S/C19H10Cl2F8N2O.C19H10Cl2F8N2/c20-12-6-11(14(22)13(21)15(12)23)17(19(27,28)29)3-4-31(16(17)32)9-2-1-8(7-30)10(5-9)18(24,25)26;20-13-6-12(15(22)14(21)16(13)23)17(19(27,28)29)3-4-31(8-17)10-2-1-9(7-30)11(5-10)18(24,25)26/h1-2,5-6,16,32H,3-4H2;1-2,5-6H,3-4,8H2. The van der Waals surface area contributed by atoms with Crippen LogP contribution in [0.5, 0.6) is 0 Å². The van der Waals surface area contributed by atoms with E-state index in [1.807, 2.05) is 0 Å². The summed E-state index contributed by atoms with van der Waals surface area (Å²) in [5.74, 6) is -6.36. The van der Waals surface area contributed by atoms with Crippen LogP contribution in [0.1, 0.15) is 46.2 Å². The third-order valence-corrected chi connectivity index (χ3v) is 11.8. The first-order chi connectivity index (χ1) is 28.9. The molecule has 63 heavy (non-hydrogen) atoms. The van der Waals surface area contributed by atoms with Gasteiger partial charge in [0, 0.05) is 42.1 Å². The number of nitriles is 2. The van der Waals surface area contributed by atoms with Crippen LogP contribution in [-0.2, 0) is 23.2 Å². The molecule has 5 nitrogen and oxygen atoms in total. The third kappa shape index (κ3) is 8.71. The molecule has 0 bridgehead atoms. The van der Waals surface area contributed by atoms with Gasteiger partial charge >= 0.3 is 24.7 Å². The van der Waals surface area contributed by atoms with Gasteiger partial charge in [0.25, 0.3) is 0 Å². The fourth-order valence-electron chi connectivity index (χ4n) is 7.36. The molecule has 338 valence electrons. The van der Waals surface area contributed by atoms with Gasteiger partial charge in [-0.3, -0.25) is 0 Å². The molecule has 2 heterocycles. The summed E-state index contributed by atoms with van der Waals surface area (Å²) < 4.78 is 221. The Morgan fingerprint density at radius 2 is 1.03 bits per heavy atom. The van der Waals surface area contributed by atoms with Gasteiger partial charge < -0.3 is 14.9 Å². The Balaban J connectivity index is 0.000000238. The molecule has 2 aliphatic heterocycles. The second-order valence-electron chi connectivity index (χ2n) is 13.9. The molecule has 4 aromatic carbocycles. The zero-order valence-corrected chi connectivity index (χ0v) is 33.6. The number of nitrogens with zero attached hydrogens (tertiary/aromatic N) is 4. The number of halogens is 20. The molecule has 0 saturated carbocycles. The number of aliphatic hydroxyl groups excluding tert-OH is 1. The largest absolute Gasteiger partial charge is 0.417 e. The molecule has 1 N–H and O–H groups in total. The molecule has 2 aliphatic rings. The summed E-state index contributed by atoms with van der Waals surface area (Å²) in [5.41, 5.74) is -13.5. The van der Waals surface area contributed by atoms with Crippen LogP contribution in [0.25, 0.3) is 0 Å². The molecular weight excluding hydrogens is 974 g/mol. The van der Waals surface area contributed by atoms with Gasteiger partial charge in [-0.1, -0.05) is 46.4 Å². The molecule has 3 unspecified atom stereocenters. The molecule has 0 spiro atoms. The SMILES string of the molecule is N#Cc1ccc(N2CCC(c3cc(Cl)c(F)c(Cl)c3F)(C(F)(F)F)C2)cc1C(F)(F)F.N#Cc1ccc(N2CCC(c3cc(Cl)c(F)c(Cl)c3F)(C(F)(F)F)C2O)cc1C(F)(F)F. The minimum absolute atomic E-state index is 0.239. The topological polar surface area (TPSA) is 74.3 Å². The summed E-state index contributed by atoms with van der Waals surface area (Å²) >= 11 is 22.0. The van der Waals surface area contributed by atoms with Gasteiger partial charge in [0.2, 0.25) is 0 Å². The zero-order chi connectivity index (χ0) is 47.6. The highest BCUT2D eigenvalue weighted by Gasteiger charge is 2.66. The number of anilines is 2. The minimum Gasteiger partial charge on any atom is -0.372 e. The molecule has 2 fully saturated rings. The molecule has 0 aliphatic carbocycles. The fourth-order valence-corrected chi connectivity index (χ4v) is 8.27. The van der Waals surface area contributed by atoms with Crippen molar-refractivity contribution in [2.24, 2.45) is 0 Å². The summed E-state index contributed by atoms with van der Waals surface area (Å²) in [7, 11) is 0. The lowest BCUT2D eigenvalue weighted by Gasteiger charge is -2.37.